The molecule has 2 aromatic rings. The van der Waals surface area contributed by atoms with Gasteiger partial charge in [0.05, 0.1) is 6.04 Å². The number of aliphatic carboxylic acids is 1. The fourth-order valence-corrected chi connectivity index (χ4v) is 5.65. The van der Waals surface area contributed by atoms with Gasteiger partial charge in [-0.25, -0.2) is 9.59 Å². The average Bonchev–Trinajstić information content (AvgIpc) is 3.45. The lowest BCUT2D eigenvalue weighted by Crippen LogP contribution is -2.48. The molecule has 8 nitrogen and oxygen atoms in total. The molecular formula is C27H30N2O6. The lowest BCUT2D eigenvalue weighted by Gasteiger charge is -2.30. The van der Waals surface area contributed by atoms with Crippen LogP contribution in [0.2, 0.25) is 0 Å². The van der Waals surface area contributed by atoms with Crippen molar-refractivity contribution in [3.8, 4) is 11.1 Å². The number of hydrogen-bond acceptors (Lipinski definition) is 5. The number of carboxylic acids is 1. The second-order valence-corrected chi connectivity index (χ2v) is 9.56. The maximum Gasteiger partial charge on any atom is 0.407 e. The number of fused-ring (bicyclic) bond motifs is 3. The third-order valence-corrected chi connectivity index (χ3v) is 7.37. The molecule has 2 fully saturated rings. The van der Waals surface area contributed by atoms with Gasteiger partial charge in [-0.15, -0.1) is 0 Å². The minimum atomic E-state index is -1.06. The van der Waals surface area contributed by atoms with E-state index in [1.165, 1.54) is 11.1 Å². The molecule has 3 aliphatic rings. The summed E-state index contributed by atoms with van der Waals surface area (Å²) in [5.74, 6) is -1.52. The van der Waals surface area contributed by atoms with Gasteiger partial charge in [-0.05, 0) is 47.9 Å². The third kappa shape index (κ3) is 4.89. The summed E-state index contributed by atoms with van der Waals surface area (Å²) in [6.45, 7) is 0.563. The van der Waals surface area contributed by atoms with Gasteiger partial charge in [-0.2, -0.15) is 0 Å². The first kappa shape index (κ1) is 23.4. The van der Waals surface area contributed by atoms with Crippen LogP contribution in [0.25, 0.3) is 11.1 Å². The van der Waals surface area contributed by atoms with E-state index in [-0.39, 0.29) is 30.4 Å². The number of hydrogen-bond donors (Lipinski definition) is 3. The van der Waals surface area contributed by atoms with Crippen LogP contribution in [0.1, 0.15) is 49.1 Å². The third-order valence-electron chi connectivity index (χ3n) is 7.37. The average molecular weight is 479 g/mol. The van der Waals surface area contributed by atoms with E-state index in [0.717, 1.165) is 24.0 Å². The van der Waals surface area contributed by atoms with E-state index in [2.05, 4.69) is 34.9 Å². The summed E-state index contributed by atoms with van der Waals surface area (Å²) in [6, 6.07) is 15.7. The monoisotopic (exact) mass is 478 g/mol. The molecule has 1 saturated heterocycles. The van der Waals surface area contributed by atoms with E-state index in [1.54, 1.807) is 0 Å². The Morgan fingerprint density at radius 3 is 2.31 bits per heavy atom. The second kappa shape index (κ2) is 10.1. The van der Waals surface area contributed by atoms with Gasteiger partial charge in [-0.1, -0.05) is 55.0 Å². The molecular weight excluding hydrogens is 448 g/mol. The van der Waals surface area contributed by atoms with Gasteiger partial charge in [0.1, 0.15) is 6.61 Å². The Morgan fingerprint density at radius 1 is 0.943 bits per heavy atom. The van der Waals surface area contributed by atoms with Crippen LogP contribution in [0.4, 0.5) is 4.79 Å². The van der Waals surface area contributed by atoms with Crippen LogP contribution in [0.3, 0.4) is 0 Å². The zero-order chi connectivity index (χ0) is 24.4. The van der Waals surface area contributed by atoms with E-state index in [4.69, 9.17) is 9.47 Å². The fourth-order valence-electron chi connectivity index (χ4n) is 5.65. The second-order valence-electron chi connectivity index (χ2n) is 9.56. The van der Waals surface area contributed by atoms with Crippen LogP contribution in [-0.4, -0.2) is 54.5 Å². The van der Waals surface area contributed by atoms with Gasteiger partial charge in [0, 0.05) is 24.5 Å². The molecule has 0 bridgehead atoms. The van der Waals surface area contributed by atoms with E-state index < -0.39 is 24.2 Å². The zero-order valence-electron chi connectivity index (χ0n) is 19.4. The number of carboxylic acid groups (broad SMARTS) is 1. The number of alkyl carbamates (subject to hydrolysis) is 1. The first-order valence-corrected chi connectivity index (χ1v) is 12.3. The Bertz CT molecular complexity index is 1070. The predicted octanol–water partition coefficient (Wildman–Crippen LogP) is 3.44. The largest absolute Gasteiger partial charge is 0.479 e. The topological polar surface area (TPSA) is 114 Å². The smallest absolute Gasteiger partial charge is 0.407 e. The molecule has 184 valence electrons. The molecule has 8 heteroatoms. The highest BCUT2D eigenvalue weighted by Gasteiger charge is 2.37. The van der Waals surface area contributed by atoms with Gasteiger partial charge in [-0.3, -0.25) is 4.79 Å². The van der Waals surface area contributed by atoms with Crippen LogP contribution in [0, 0.1) is 5.92 Å². The number of amides is 2. The van der Waals surface area contributed by atoms with Crippen molar-refractivity contribution in [3.05, 3.63) is 59.7 Å². The fraction of sp³-hybridized carbons (Fsp3) is 0.444. The molecule has 5 rings (SSSR count). The van der Waals surface area contributed by atoms with Gasteiger partial charge in [0.15, 0.2) is 6.10 Å². The highest BCUT2D eigenvalue weighted by atomic mass is 16.5. The molecule has 1 aliphatic heterocycles. The van der Waals surface area contributed by atoms with Crippen molar-refractivity contribution < 1.29 is 29.0 Å². The van der Waals surface area contributed by atoms with Crippen molar-refractivity contribution in [1.29, 1.82) is 0 Å². The summed E-state index contributed by atoms with van der Waals surface area (Å²) in [5.41, 5.74) is 4.67. The zero-order valence-corrected chi connectivity index (χ0v) is 19.4. The highest BCUT2D eigenvalue weighted by molar-refractivity contribution is 5.81. The van der Waals surface area contributed by atoms with Crippen LogP contribution in [0.15, 0.2) is 48.5 Å². The summed E-state index contributed by atoms with van der Waals surface area (Å²) < 4.78 is 10.9. The Balaban J connectivity index is 1.14. The molecule has 1 heterocycles. The minimum absolute atomic E-state index is 0.00570. The van der Waals surface area contributed by atoms with E-state index in [0.29, 0.717) is 25.9 Å². The van der Waals surface area contributed by atoms with Crippen LogP contribution >= 0.6 is 0 Å². The molecule has 4 atom stereocenters. The van der Waals surface area contributed by atoms with Gasteiger partial charge in [0.2, 0.25) is 5.91 Å². The van der Waals surface area contributed by atoms with Gasteiger partial charge >= 0.3 is 12.1 Å². The quantitative estimate of drug-likeness (QED) is 0.586. The number of rotatable bonds is 6. The molecule has 2 amide bonds. The summed E-state index contributed by atoms with van der Waals surface area (Å²) >= 11 is 0. The van der Waals surface area contributed by atoms with E-state index >= 15 is 0 Å². The maximum absolute atomic E-state index is 12.8. The maximum atomic E-state index is 12.8. The molecule has 3 N–H and O–H groups in total. The van der Waals surface area contributed by atoms with Gasteiger partial charge in [0.25, 0.3) is 0 Å². The van der Waals surface area contributed by atoms with Crippen molar-refractivity contribution in [2.45, 2.75) is 56.2 Å². The van der Waals surface area contributed by atoms with Crippen molar-refractivity contribution in [1.82, 2.24) is 10.6 Å². The Morgan fingerprint density at radius 2 is 1.63 bits per heavy atom. The molecule has 0 aromatic heterocycles. The lowest BCUT2D eigenvalue weighted by molar-refractivity contribution is -0.148. The Kier molecular flexibility index (Phi) is 6.72. The summed E-state index contributed by atoms with van der Waals surface area (Å²) in [6.07, 6.45) is 1.79. The van der Waals surface area contributed by atoms with Crippen molar-refractivity contribution >= 4 is 18.0 Å². The summed E-state index contributed by atoms with van der Waals surface area (Å²) in [5, 5.41) is 15.0. The van der Waals surface area contributed by atoms with Crippen LogP contribution < -0.4 is 10.6 Å². The van der Waals surface area contributed by atoms with E-state index in [9.17, 15) is 19.5 Å². The Hall–Kier alpha value is -3.39. The van der Waals surface area contributed by atoms with Crippen molar-refractivity contribution in [2.75, 3.05) is 13.2 Å². The highest BCUT2D eigenvalue weighted by Crippen LogP contribution is 2.44. The molecule has 4 unspecified atom stereocenters. The molecule has 0 spiro atoms. The van der Waals surface area contributed by atoms with Crippen molar-refractivity contribution in [3.63, 3.8) is 0 Å². The van der Waals surface area contributed by atoms with Crippen LogP contribution in [-0.2, 0) is 19.1 Å². The SMILES string of the molecule is O=C(NC1CCCC(C(=O)NC2CCOC2C(=O)O)C1)OCC1c2ccccc2-c2ccccc21. The standard InChI is InChI=1S/C27H30N2O6/c30-25(29-23-12-13-34-24(23)26(31)32)16-6-5-7-17(14-16)28-27(33)35-15-22-20-10-3-1-8-18(20)19-9-2-4-11-21(19)22/h1-4,8-11,16-17,22-24H,5-7,12-15H2,(H,28,33)(H,29,30)(H,31,32). The normalized spacial score (nSPS) is 25.4. The summed E-state index contributed by atoms with van der Waals surface area (Å²) in [7, 11) is 0. The van der Waals surface area contributed by atoms with E-state index in [1.807, 2.05) is 24.3 Å². The first-order chi connectivity index (χ1) is 17.0. The predicted molar refractivity (Wildman–Crippen MR) is 128 cm³/mol. The number of carbonyl (C=O) groups is 3. The van der Waals surface area contributed by atoms with Crippen LogP contribution in [0.5, 0.6) is 0 Å². The summed E-state index contributed by atoms with van der Waals surface area (Å²) in [4.78, 5) is 36.7. The first-order valence-electron chi connectivity index (χ1n) is 12.3. The molecule has 1 saturated carbocycles. The van der Waals surface area contributed by atoms with Crippen molar-refractivity contribution in [2.24, 2.45) is 5.92 Å². The number of ether oxygens (including phenoxy) is 2. The molecule has 2 aliphatic carbocycles. The number of benzene rings is 2. The Labute approximate surface area is 204 Å². The minimum Gasteiger partial charge on any atom is -0.479 e. The lowest BCUT2D eigenvalue weighted by atomic mass is 9.85. The number of carbonyl (C=O) groups excluding carboxylic acids is 2. The molecule has 2 aromatic carbocycles. The number of nitrogens with one attached hydrogen (secondary N) is 2. The molecule has 35 heavy (non-hydrogen) atoms. The molecule has 0 radical (unpaired) electrons. The van der Waals surface area contributed by atoms with Gasteiger partial charge < -0.3 is 25.2 Å².